The van der Waals surface area contributed by atoms with Gasteiger partial charge in [-0.3, -0.25) is 0 Å². The number of benzene rings is 1. The highest BCUT2D eigenvalue weighted by atomic mass is 28.4. The summed E-state index contributed by atoms with van der Waals surface area (Å²) in [6, 6.07) is 8.19. The third-order valence-electron chi connectivity index (χ3n) is 4.34. The summed E-state index contributed by atoms with van der Waals surface area (Å²) in [7, 11) is -1.67. The fourth-order valence-electron chi connectivity index (χ4n) is 1.79. The van der Waals surface area contributed by atoms with E-state index in [1.807, 2.05) is 12.1 Å². The molecule has 0 bridgehead atoms. The van der Waals surface area contributed by atoms with Crippen LogP contribution < -0.4 is 0 Å². The molecule has 0 unspecified atom stereocenters. The fourth-order valence-corrected chi connectivity index (χ4v) is 2.84. The Morgan fingerprint density at radius 2 is 1.78 bits per heavy atom. The van der Waals surface area contributed by atoms with Gasteiger partial charge in [0, 0.05) is 12.7 Å². The van der Waals surface area contributed by atoms with E-state index >= 15 is 0 Å². The number of hydrogen-bond donors (Lipinski definition) is 0. The van der Waals surface area contributed by atoms with Crippen LogP contribution in [0.5, 0.6) is 0 Å². The van der Waals surface area contributed by atoms with Crippen LogP contribution in [0.3, 0.4) is 0 Å². The van der Waals surface area contributed by atoms with Crippen molar-refractivity contribution in [2.45, 2.75) is 52.2 Å². The van der Waals surface area contributed by atoms with Gasteiger partial charge in [0.1, 0.15) is 0 Å². The van der Waals surface area contributed by atoms with Crippen LogP contribution in [0.1, 0.15) is 38.8 Å². The molecule has 3 nitrogen and oxygen atoms in total. The summed E-state index contributed by atoms with van der Waals surface area (Å²) in [5.74, 6) is -0.306. The molecular weight excluding hydrogens is 304 g/mol. The lowest BCUT2D eigenvalue weighted by atomic mass is 10.1. The molecule has 0 saturated heterocycles. The average molecular weight is 335 g/mol. The largest absolute Gasteiger partial charge is 0.463 e. The number of carbonyl (C=O) groups is 1. The maximum absolute atomic E-state index is 11.3. The molecule has 0 heterocycles. The molecule has 0 fully saturated rings. The number of ether oxygens (including phenoxy) is 1. The third kappa shape index (κ3) is 6.71. The van der Waals surface area contributed by atoms with Gasteiger partial charge in [0.05, 0.1) is 6.61 Å². The second-order valence-electron chi connectivity index (χ2n) is 7.19. The predicted molar refractivity (Wildman–Crippen MR) is 99.0 cm³/mol. The Bertz CT molecular complexity index is 525. The van der Waals surface area contributed by atoms with Crippen LogP contribution in [0.15, 0.2) is 30.3 Å². The van der Waals surface area contributed by atoms with Crippen molar-refractivity contribution in [1.82, 2.24) is 0 Å². The van der Waals surface area contributed by atoms with Gasteiger partial charge in [-0.05, 0) is 48.7 Å². The minimum atomic E-state index is -1.67. The molecule has 23 heavy (non-hydrogen) atoms. The molecule has 4 heteroatoms. The first-order chi connectivity index (χ1) is 10.7. The zero-order valence-corrected chi connectivity index (χ0v) is 16.3. The van der Waals surface area contributed by atoms with Crippen molar-refractivity contribution in [2.24, 2.45) is 0 Å². The molecule has 0 amide bonds. The topological polar surface area (TPSA) is 35.5 Å². The number of esters is 1. The van der Waals surface area contributed by atoms with Gasteiger partial charge in [0.25, 0.3) is 0 Å². The van der Waals surface area contributed by atoms with Crippen LogP contribution >= 0.6 is 0 Å². The van der Waals surface area contributed by atoms with E-state index in [1.165, 1.54) is 11.6 Å². The number of hydrogen-bond acceptors (Lipinski definition) is 3. The van der Waals surface area contributed by atoms with Gasteiger partial charge in [0.15, 0.2) is 8.32 Å². The molecule has 0 aromatic heterocycles. The molecule has 0 atom stereocenters. The monoisotopic (exact) mass is 334 g/mol. The SMILES string of the molecule is CCOC(=O)/C=C/c1ccc(CCO[Si](C)(C)C(C)(C)C)cc1. The summed E-state index contributed by atoms with van der Waals surface area (Å²) < 4.78 is 11.1. The maximum atomic E-state index is 11.3. The second kappa shape index (κ2) is 8.46. The van der Waals surface area contributed by atoms with Crippen LogP contribution in [0, 0.1) is 0 Å². The zero-order valence-electron chi connectivity index (χ0n) is 15.3. The Balaban J connectivity index is 2.50. The molecule has 1 aromatic rings. The highest BCUT2D eigenvalue weighted by Crippen LogP contribution is 2.36. The first-order valence-corrected chi connectivity index (χ1v) is 11.1. The van der Waals surface area contributed by atoms with Crippen LogP contribution in [-0.2, 0) is 20.4 Å². The Labute approximate surface area is 141 Å². The lowest BCUT2D eigenvalue weighted by Crippen LogP contribution is -2.41. The van der Waals surface area contributed by atoms with Crippen molar-refractivity contribution in [1.29, 1.82) is 0 Å². The second-order valence-corrected chi connectivity index (χ2v) is 12.0. The molecule has 0 N–H and O–H groups in total. The normalized spacial score (nSPS) is 12.6. The summed E-state index contributed by atoms with van der Waals surface area (Å²) in [5, 5.41) is 0.245. The van der Waals surface area contributed by atoms with Crippen molar-refractivity contribution in [3.8, 4) is 0 Å². The van der Waals surface area contributed by atoms with Crippen molar-refractivity contribution in [3.05, 3.63) is 41.5 Å². The standard InChI is InChI=1S/C19H30O3Si/c1-7-21-18(20)13-12-16-8-10-17(11-9-16)14-15-22-23(5,6)19(2,3)4/h8-13H,7,14-15H2,1-6H3/b13-12+. The number of carbonyl (C=O) groups excluding carboxylic acids is 1. The summed E-state index contributed by atoms with van der Waals surface area (Å²) in [4.78, 5) is 11.3. The predicted octanol–water partition coefficient (Wildman–Crippen LogP) is 4.83. The average Bonchev–Trinajstić information content (AvgIpc) is 2.45. The summed E-state index contributed by atoms with van der Waals surface area (Å²) in [5.41, 5.74) is 2.24. The molecule has 1 aromatic carbocycles. The van der Waals surface area contributed by atoms with E-state index in [0.29, 0.717) is 6.61 Å². The Morgan fingerprint density at radius 3 is 2.30 bits per heavy atom. The summed E-state index contributed by atoms with van der Waals surface area (Å²) >= 11 is 0. The molecule has 128 valence electrons. The minimum Gasteiger partial charge on any atom is -0.463 e. The number of rotatable bonds is 7. The molecule has 0 saturated carbocycles. The Hall–Kier alpha value is -1.39. The molecule has 0 aliphatic heterocycles. The van der Waals surface area contributed by atoms with Gasteiger partial charge in [-0.15, -0.1) is 0 Å². The molecule has 0 radical (unpaired) electrons. The van der Waals surface area contributed by atoms with Crippen LogP contribution in [0.2, 0.25) is 18.1 Å². The lowest BCUT2D eigenvalue weighted by Gasteiger charge is -2.36. The molecule has 0 aliphatic rings. The van der Waals surface area contributed by atoms with Gasteiger partial charge < -0.3 is 9.16 Å². The highest BCUT2D eigenvalue weighted by molar-refractivity contribution is 6.74. The first-order valence-electron chi connectivity index (χ1n) is 8.23. The van der Waals surface area contributed by atoms with E-state index < -0.39 is 8.32 Å². The summed E-state index contributed by atoms with van der Waals surface area (Å²) in [6.07, 6.45) is 4.14. The van der Waals surface area contributed by atoms with Crippen molar-refractivity contribution in [2.75, 3.05) is 13.2 Å². The van der Waals surface area contributed by atoms with E-state index in [1.54, 1.807) is 13.0 Å². The fraction of sp³-hybridized carbons (Fsp3) is 0.526. The van der Waals surface area contributed by atoms with Gasteiger partial charge >= 0.3 is 5.97 Å². The van der Waals surface area contributed by atoms with E-state index in [0.717, 1.165) is 18.6 Å². The van der Waals surface area contributed by atoms with E-state index in [9.17, 15) is 4.79 Å². The Morgan fingerprint density at radius 1 is 1.17 bits per heavy atom. The molecule has 0 aliphatic carbocycles. The summed E-state index contributed by atoms with van der Waals surface area (Å²) in [6.45, 7) is 14.3. The van der Waals surface area contributed by atoms with Gasteiger partial charge in [-0.25, -0.2) is 4.79 Å². The van der Waals surface area contributed by atoms with Gasteiger partial charge in [0.2, 0.25) is 0 Å². The van der Waals surface area contributed by atoms with Crippen LogP contribution in [-0.4, -0.2) is 27.5 Å². The van der Waals surface area contributed by atoms with Crippen molar-refractivity contribution in [3.63, 3.8) is 0 Å². The highest BCUT2D eigenvalue weighted by Gasteiger charge is 2.36. The van der Waals surface area contributed by atoms with E-state index in [2.05, 4.69) is 46.0 Å². The van der Waals surface area contributed by atoms with Crippen molar-refractivity contribution >= 4 is 20.4 Å². The molecule has 0 spiro atoms. The van der Waals surface area contributed by atoms with E-state index in [4.69, 9.17) is 9.16 Å². The quantitative estimate of drug-likeness (QED) is 0.407. The van der Waals surface area contributed by atoms with Gasteiger partial charge in [-0.2, -0.15) is 0 Å². The molecular formula is C19H30O3Si. The lowest BCUT2D eigenvalue weighted by molar-refractivity contribution is -0.137. The Kier molecular flexibility index (Phi) is 7.23. The van der Waals surface area contributed by atoms with Gasteiger partial charge in [-0.1, -0.05) is 45.0 Å². The zero-order chi connectivity index (χ0) is 17.5. The first kappa shape index (κ1) is 19.7. The van der Waals surface area contributed by atoms with Crippen LogP contribution in [0.4, 0.5) is 0 Å². The van der Waals surface area contributed by atoms with E-state index in [-0.39, 0.29) is 11.0 Å². The third-order valence-corrected chi connectivity index (χ3v) is 8.88. The van der Waals surface area contributed by atoms with Crippen molar-refractivity contribution < 1.29 is 14.0 Å². The molecule has 1 rings (SSSR count). The van der Waals surface area contributed by atoms with Crippen LogP contribution in [0.25, 0.3) is 6.08 Å². The smallest absolute Gasteiger partial charge is 0.330 e. The minimum absolute atomic E-state index is 0.245. The maximum Gasteiger partial charge on any atom is 0.330 e.